The summed E-state index contributed by atoms with van der Waals surface area (Å²) in [5.41, 5.74) is 5.20. The van der Waals surface area contributed by atoms with Crippen LogP contribution < -0.4 is 14.8 Å². The van der Waals surface area contributed by atoms with Crippen molar-refractivity contribution in [2.24, 2.45) is 0 Å². The maximum Gasteiger partial charge on any atom is 0.257 e. The fraction of sp³-hybridized carbons (Fsp3) is 0.333. The summed E-state index contributed by atoms with van der Waals surface area (Å²) in [5, 5.41) is 3.71. The van der Waals surface area contributed by atoms with Crippen LogP contribution in [0.4, 0.5) is 0 Å². The van der Waals surface area contributed by atoms with E-state index >= 15 is 0 Å². The molecular weight excluding hydrogens is 486 g/mol. The van der Waals surface area contributed by atoms with Gasteiger partial charge < -0.3 is 19.4 Å². The van der Waals surface area contributed by atoms with Crippen LogP contribution >= 0.6 is 11.6 Å². The normalized spacial score (nSPS) is 11.0. The predicted molar refractivity (Wildman–Crippen MR) is 149 cm³/mol. The Bertz CT molecular complexity index is 1370. The Labute approximate surface area is 223 Å². The first kappa shape index (κ1) is 26.6. The average Bonchev–Trinajstić information content (AvgIpc) is 3.23. The Morgan fingerprint density at radius 2 is 1.81 bits per heavy atom. The second-order valence-corrected chi connectivity index (χ2v) is 9.70. The molecule has 0 aliphatic rings. The largest absolute Gasteiger partial charge is 0.494 e. The van der Waals surface area contributed by atoms with Gasteiger partial charge in [-0.2, -0.15) is 0 Å². The number of ether oxygens (including phenoxy) is 2. The third kappa shape index (κ3) is 7.26. The molecule has 37 heavy (non-hydrogen) atoms. The van der Waals surface area contributed by atoms with Gasteiger partial charge in [0.1, 0.15) is 17.3 Å². The van der Waals surface area contributed by atoms with Crippen molar-refractivity contribution in [2.75, 3.05) is 19.8 Å². The highest BCUT2D eigenvalue weighted by Crippen LogP contribution is 2.22. The third-order valence-corrected chi connectivity index (χ3v) is 6.71. The molecule has 1 aromatic heterocycles. The minimum absolute atomic E-state index is 0.00610. The number of nitrogens with one attached hydrogen (secondary N) is 1. The number of aromatic nitrogens is 2. The Hall–Kier alpha value is -3.51. The van der Waals surface area contributed by atoms with Gasteiger partial charge >= 0.3 is 0 Å². The fourth-order valence-corrected chi connectivity index (χ4v) is 4.32. The van der Waals surface area contributed by atoms with Crippen molar-refractivity contribution in [1.29, 1.82) is 0 Å². The number of halogens is 1. The van der Waals surface area contributed by atoms with E-state index in [9.17, 15) is 4.79 Å². The Morgan fingerprint density at radius 1 is 0.973 bits per heavy atom. The standard InChI is InChI=1S/C30H34ClN3O3/c1-21-10-11-22(2)28(18-21)37-20-30(35)32-15-14-29-33-26-8-4-5-9-27(26)34(29)16-6-7-17-36-24-12-13-25(31)23(3)19-24/h4-5,8-13,18-19H,6-7,14-17,20H2,1-3H3,(H,32,35). The second-order valence-electron chi connectivity index (χ2n) is 9.29. The van der Waals surface area contributed by atoms with E-state index in [1.165, 1.54) is 0 Å². The molecule has 7 heteroatoms. The molecule has 0 spiro atoms. The van der Waals surface area contributed by atoms with Crippen LogP contribution in [0.25, 0.3) is 11.0 Å². The SMILES string of the molecule is Cc1ccc(C)c(OCC(=O)NCCc2nc3ccccc3n2CCCCOc2ccc(Cl)c(C)c2)c1. The zero-order valence-corrected chi connectivity index (χ0v) is 22.5. The summed E-state index contributed by atoms with van der Waals surface area (Å²) < 4.78 is 13.9. The van der Waals surface area contributed by atoms with Crippen molar-refractivity contribution in [2.45, 2.75) is 46.6 Å². The molecule has 0 fully saturated rings. The Morgan fingerprint density at radius 3 is 2.65 bits per heavy atom. The molecule has 1 amide bonds. The molecule has 1 N–H and O–H groups in total. The monoisotopic (exact) mass is 519 g/mol. The van der Waals surface area contributed by atoms with Crippen molar-refractivity contribution in [3.8, 4) is 11.5 Å². The first-order valence-electron chi connectivity index (χ1n) is 12.7. The number of hydrogen-bond donors (Lipinski definition) is 1. The van der Waals surface area contributed by atoms with Crippen LogP contribution in [-0.4, -0.2) is 35.2 Å². The van der Waals surface area contributed by atoms with Gasteiger partial charge in [0.05, 0.1) is 17.6 Å². The molecule has 0 bridgehead atoms. The first-order valence-corrected chi connectivity index (χ1v) is 13.1. The molecule has 0 aliphatic carbocycles. The van der Waals surface area contributed by atoms with Gasteiger partial charge in [0.2, 0.25) is 0 Å². The van der Waals surface area contributed by atoms with Gasteiger partial charge in [-0.15, -0.1) is 0 Å². The number of unbranched alkanes of at least 4 members (excludes halogenated alkanes) is 1. The van der Waals surface area contributed by atoms with Crippen molar-refractivity contribution in [3.05, 3.63) is 88.2 Å². The number of benzene rings is 3. The van der Waals surface area contributed by atoms with Gasteiger partial charge in [0.15, 0.2) is 6.61 Å². The third-order valence-electron chi connectivity index (χ3n) is 6.28. The van der Waals surface area contributed by atoms with Crippen molar-refractivity contribution < 1.29 is 14.3 Å². The van der Waals surface area contributed by atoms with E-state index in [2.05, 4.69) is 16.0 Å². The highest BCUT2D eigenvalue weighted by molar-refractivity contribution is 6.31. The van der Waals surface area contributed by atoms with E-state index in [0.29, 0.717) is 19.6 Å². The lowest BCUT2D eigenvalue weighted by Crippen LogP contribution is -2.31. The zero-order chi connectivity index (χ0) is 26.2. The van der Waals surface area contributed by atoms with Gasteiger partial charge in [0.25, 0.3) is 5.91 Å². The predicted octanol–water partition coefficient (Wildman–Crippen LogP) is 6.21. The molecule has 4 aromatic rings. The number of imidazole rings is 1. The van der Waals surface area contributed by atoms with Crippen LogP contribution in [0.1, 0.15) is 35.4 Å². The molecule has 4 rings (SSSR count). The molecule has 0 saturated heterocycles. The second kappa shape index (κ2) is 12.6. The van der Waals surface area contributed by atoms with Crippen molar-refractivity contribution in [1.82, 2.24) is 14.9 Å². The summed E-state index contributed by atoms with van der Waals surface area (Å²) in [6.45, 7) is 7.92. The summed E-state index contributed by atoms with van der Waals surface area (Å²) in [6, 6.07) is 19.9. The van der Waals surface area contributed by atoms with Gasteiger partial charge in [-0.05, 0) is 86.7 Å². The molecule has 3 aromatic carbocycles. The number of rotatable bonds is 12. The van der Waals surface area contributed by atoms with Crippen LogP contribution in [0.2, 0.25) is 5.02 Å². The molecule has 0 aliphatic heterocycles. The lowest BCUT2D eigenvalue weighted by molar-refractivity contribution is -0.123. The van der Waals surface area contributed by atoms with E-state index in [1.807, 2.05) is 75.4 Å². The van der Waals surface area contributed by atoms with E-state index < -0.39 is 0 Å². The van der Waals surface area contributed by atoms with Crippen LogP contribution in [0.3, 0.4) is 0 Å². The molecule has 1 heterocycles. The zero-order valence-electron chi connectivity index (χ0n) is 21.7. The van der Waals surface area contributed by atoms with E-state index in [1.54, 1.807) is 0 Å². The molecular formula is C30H34ClN3O3. The average molecular weight is 520 g/mol. The maximum atomic E-state index is 12.4. The van der Waals surface area contributed by atoms with Gasteiger partial charge in [-0.25, -0.2) is 4.98 Å². The van der Waals surface area contributed by atoms with Gasteiger partial charge in [-0.1, -0.05) is 35.9 Å². The summed E-state index contributed by atoms with van der Waals surface area (Å²) in [6.07, 6.45) is 2.51. The van der Waals surface area contributed by atoms with Gasteiger partial charge in [-0.3, -0.25) is 4.79 Å². The molecule has 0 saturated carbocycles. The Kier molecular flexibility index (Phi) is 9.07. The number of amides is 1. The lowest BCUT2D eigenvalue weighted by atomic mass is 10.1. The number of carbonyl (C=O) groups excluding carboxylic acids is 1. The van der Waals surface area contributed by atoms with Crippen LogP contribution in [0.15, 0.2) is 60.7 Å². The van der Waals surface area contributed by atoms with E-state index in [4.69, 9.17) is 26.1 Å². The Balaban J connectivity index is 1.27. The number of carbonyl (C=O) groups is 1. The quantitative estimate of drug-likeness (QED) is 0.226. The summed E-state index contributed by atoms with van der Waals surface area (Å²) in [7, 11) is 0. The van der Waals surface area contributed by atoms with Crippen LogP contribution in [-0.2, 0) is 17.8 Å². The fourth-order valence-electron chi connectivity index (χ4n) is 4.21. The molecule has 194 valence electrons. The van der Waals surface area contributed by atoms with Crippen molar-refractivity contribution in [3.63, 3.8) is 0 Å². The number of fused-ring (bicyclic) bond motifs is 1. The summed E-state index contributed by atoms with van der Waals surface area (Å²) in [5.74, 6) is 2.41. The number of hydrogen-bond acceptors (Lipinski definition) is 4. The summed E-state index contributed by atoms with van der Waals surface area (Å²) >= 11 is 6.10. The van der Waals surface area contributed by atoms with Crippen LogP contribution in [0.5, 0.6) is 11.5 Å². The summed E-state index contributed by atoms with van der Waals surface area (Å²) in [4.78, 5) is 17.2. The highest BCUT2D eigenvalue weighted by Gasteiger charge is 2.11. The lowest BCUT2D eigenvalue weighted by Gasteiger charge is -2.12. The van der Waals surface area contributed by atoms with E-state index in [0.717, 1.165) is 69.5 Å². The van der Waals surface area contributed by atoms with Gasteiger partial charge in [0, 0.05) is 24.5 Å². The maximum absolute atomic E-state index is 12.4. The minimum atomic E-state index is -0.141. The molecule has 6 nitrogen and oxygen atoms in total. The van der Waals surface area contributed by atoms with Crippen molar-refractivity contribution >= 4 is 28.5 Å². The number of nitrogens with zero attached hydrogens (tertiary/aromatic N) is 2. The topological polar surface area (TPSA) is 65.4 Å². The smallest absolute Gasteiger partial charge is 0.257 e. The number of para-hydroxylation sites is 2. The first-order chi connectivity index (χ1) is 17.9. The highest BCUT2D eigenvalue weighted by atomic mass is 35.5. The molecule has 0 atom stereocenters. The number of aryl methyl sites for hydroxylation is 4. The van der Waals surface area contributed by atoms with Crippen LogP contribution in [0, 0.1) is 20.8 Å². The molecule has 0 unspecified atom stereocenters. The molecule has 0 radical (unpaired) electrons. The van der Waals surface area contributed by atoms with E-state index in [-0.39, 0.29) is 12.5 Å². The minimum Gasteiger partial charge on any atom is -0.494 e.